The van der Waals surface area contributed by atoms with Gasteiger partial charge in [-0.15, -0.1) is 0 Å². The van der Waals surface area contributed by atoms with Crippen LogP contribution in [0.1, 0.15) is 29.8 Å². The fraction of sp³-hybridized carbons (Fsp3) is 0.167. The van der Waals surface area contributed by atoms with Crippen LogP contribution in [0.3, 0.4) is 0 Å². The molecule has 0 aromatic heterocycles. The molecule has 0 saturated carbocycles. The van der Waals surface area contributed by atoms with E-state index in [2.05, 4.69) is 42.5 Å². The normalized spacial score (nSPS) is 10.0. The zero-order chi connectivity index (χ0) is 15.2. The van der Waals surface area contributed by atoms with Crippen molar-refractivity contribution in [3.8, 4) is 5.75 Å². The van der Waals surface area contributed by atoms with Crippen molar-refractivity contribution >= 4 is 28.6 Å². The average molecular weight is 392 g/mol. The molecule has 0 saturated heterocycles. The van der Waals surface area contributed by atoms with Crippen molar-refractivity contribution in [2.24, 2.45) is 0 Å². The monoisotopic (exact) mass is 392 g/mol. The highest BCUT2D eigenvalue weighted by atomic mass is 127. The Morgan fingerprint density at radius 1 is 1.14 bits per heavy atom. The van der Waals surface area contributed by atoms with Crippen LogP contribution < -0.4 is 4.74 Å². The highest BCUT2D eigenvalue weighted by Crippen LogP contribution is 2.23. The fourth-order valence-corrected chi connectivity index (χ4v) is 2.41. The molecule has 2 nitrogen and oxygen atoms in total. The van der Waals surface area contributed by atoms with E-state index >= 15 is 0 Å². The summed E-state index contributed by atoms with van der Waals surface area (Å²) in [6.45, 7) is 4.12. The van der Waals surface area contributed by atoms with Crippen LogP contribution in [0.2, 0.25) is 0 Å². The van der Waals surface area contributed by atoms with Gasteiger partial charge in [-0.05, 0) is 78.8 Å². The largest absolute Gasteiger partial charge is 0.423 e. The summed E-state index contributed by atoms with van der Waals surface area (Å²) in [6.07, 6.45) is 2.89. The Morgan fingerprint density at radius 3 is 2.52 bits per heavy atom. The third kappa shape index (κ3) is 4.70. The van der Waals surface area contributed by atoms with Crippen LogP contribution in [0.15, 0.2) is 60.2 Å². The van der Waals surface area contributed by atoms with E-state index in [1.54, 1.807) is 12.1 Å². The smallest absolute Gasteiger partial charge is 0.343 e. The molecule has 2 rings (SSSR count). The topological polar surface area (TPSA) is 26.3 Å². The van der Waals surface area contributed by atoms with Gasteiger partial charge >= 0.3 is 5.97 Å². The first-order chi connectivity index (χ1) is 10.1. The summed E-state index contributed by atoms with van der Waals surface area (Å²) in [5.74, 6) is 0.303. The molecule has 0 aliphatic heterocycles. The first-order valence-corrected chi connectivity index (χ1v) is 7.83. The number of ether oxygens (including phenoxy) is 1. The lowest BCUT2D eigenvalue weighted by Gasteiger charge is -2.10. The number of esters is 1. The van der Waals surface area contributed by atoms with Gasteiger partial charge in [0.05, 0.1) is 5.56 Å². The fourth-order valence-electron chi connectivity index (χ4n) is 1.85. The van der Waals surface area contributed by atoms with Crippen molar-refractivity contribution in [1.29, 1.82) is 0 Å². The van der Waals surface area contributed by atoms with E-state index in [1.165, 1.54) is 5.57 Å². The molecule has 108 valence electrons. The Hall–Kier alpha value is -1.62. The van der Waals surface area contributed by atoms with Crippen molar-refractivity contribution in [2.75, 3.05) is 0 Å². The molecule has 0 fully saturated rings. The summed E-state index contributed by atoms with van der Waals surface area (Å²) in [6, 6.07) is 14.9. The molecule has 21 heavy (non-hydrogen) atoms. The summed E-state index contributed by atoms with van der Waals surface area (Å²) in [5.41, 5.74) is 2.82. The lowest BCUT2D eigenvalue weighted by molar-refractivity contribution is 0.0733. The van der Waals surface area contributed by atoms with E-state index in [-0.39, 0.29) is 5.97 Å². The van der Waals surface area contributed by atoms with Gasteiger partial charge in [0.15, 0.2) is 0 Å². The van der Waals surface area contributed by atoms with E-state index in [0.717, 1.165) is 15.6 Å². The zero-order valence-electron chi connectivity index (χ0n) is 12.1. The predicted molar refractivity (Wildman–Crippen MR) is 93.7 cm³/mol. The Kier molecular flexibility index (Phi) is 5.56. The number of halogens is 1. The zero-order valence-corrected chi connectivity index (χ0v) is 14.3. The predicted octanol–water partition coefficient (Wildman–Crippen LogP) is 5.02. The second-order valence-electron chi connectivity index (χ2n) is 4.99. The number of carbonyl (C=O) groups is 1. The van der Waals surface area contributed by atoms with Crippen LogP contribution >= 0.6 is 22.6 Å². The summed E-state index contributed by atoms with van der Waals surface area (Å²) >= 11 is 2.26. The Morgan fingerprint density at radius 2 is 1.86 bits per heavy atom. The third-order valence-corrected chi connectivity index (χ3v) is 3.64. The molecule has 0 bridgehead atoms. The molecular weight excluding hydrogens is 375 g/mol. The van der Waals surface area contributed by atoms with Gasteiger partial charge < -0.3 is 4.74 Å². The van der Waals surface area contributed by atoms with Crippen LogP contribution in [0, 0.1) is 3.57 Å². The van der Waals surface area contributed by atoms with E-state index < -0.39 is 0 Å². The van der Waals surface area contributed by atoms with Gasteiger partial charge in [-0.3, -0.25) is 0 Å². The van der Waals surface area contributed by atoms with Crippen molar-refractivity contribution in [3.05, 3.63) is 74.9 Å². The molecule has 0 aliphatic rings. The van der Waals surface area contributed by atoms with Crippen LogP contribution in [0.25, 0.3) is 0 Å². The Balaban J connectivity index is 2.23. The van der Waals surface area contributed by atoms with Crippen molar-refractivity contribution in [1.82, 2.24) is 0 Å². The number of hydrogen-bond donors (Lipinski definition) is 0. The van der Waals surface area contributed by atoms with Crippen molar-refractivity contribution in [2.45, 2.75) is 20.3 Å². The Labute approximate surface area is 139 Å². The standard InChI is InChI=1S/C18H17IO2/c1-13(2)8-9-15-12-16(19)10-11-17(15)21-18(20)14-6-4-3-5-7-14/h3-8,10-12H,9H2,1-2H3. The first-order valence-electron chi connectivity index (χ1n) is 6.75. The minimum Gasteiger partial charge on any atom is -0.423 e. The molecular formula is C18H17IO2. The molecule has 2 aromatic rings. The van der Waals surface area contributed by atoms with Gasteiger partial charge in [-0.1, -0.05) is 29.8 Å². The number of rotatable bonds is 4. The minimum absolute atomic E-state index is 0.324. The summed E-state index contributed by atoms with van der Waals surface area (Å²) < 4.78 is 6.68. The lowest BCUT2D eigenvalue weighted by Crippen LogP contribution is -2.09. The van der Waals surface area contributed by atoms with Crippen molar-refractivity contribution < 1.29 is 9.53 Å². The summed E-state index contributed by atoms with van der Waals surface area (Å²) in [7, 11) is 0. The third-order valence-electron chi connectivity index (χ3n) is 2.96. The molecule has 2 aromatic carbocycles. The molecule has 0 N–H and O–H groups in total. The molecule has 0 heterocycles. The molecule has 3 heteroatoms. The second-order valence-corrected chi connectivity index (χ2v) is 6.24. The van der Waals surface area contributed by atoms with Gasteiger partial charge in [0.2, 0.25) is 0 Å². The number of carbonyl (C=O) groups excluding carboxylic acids is 1. The molecule has 0 aliphatic carbocycles. The maximum atomic E-state index is 12.1. The average Bonchev–Trinajstić information content (AvgIpc) is 2.48. The van der Waals surface area contributed by atoms with Crippen molar-refractivity contribution in [3.63, 3.8) is 0 Å². The molecule has 0 spiro atoms. The maximum Gasteiger partial charge on any atom is 0.343 e. The van der Waals surface area contributed by atoms with Crippen LogP contribution in [-0.4, -0.2) is 5.97 Å². The first kappa shape index (κ1) is 15.8. The van der Waals surface area contributed by atoms with E-state index in [4.69, 9.17) is 4.74 Å². The van der Waals surface area contributed by atoms with Crippen LogP contribution in [0.5, 0.6) is 5.75 Å². The highest BCUT2D eigenvalue weighted by molar-refractivity contribution is 14.1. The number of allylic oxidation sites excluding steroid dienone is 2. The van der Waals surface area contributed by atoms with Crippen LogP contribution in [-0.2, 0) is 6.42 Å². The number of hydrogen-bond acceptors (Lipinski definition) is 2. The SMILES string of the molecule is CC(C)=CCc1cc(I)ccc1OC(=O)c1ccccc1. The number of benzene rings is 2. The van der Waals surface area contributed by atoms with Gasteiger partial charge in [0.1, 0.15) is 5.75 Å². The van der Waals surface area contributed by atoms with Gasteiger partial charge in [0, 0.05) is 3.57 Å². The van der Waals surface area contributed by atoms with Crippen LogP contribution in [0.4, 0.5) is 0 Å². The maximum absolute atomic E-state index is 12.1. The quantitative estimate of drug-likeness (QED) is 0.316. The van der Waals surface area contributed by atoms with E-state index in [0.29, 0.717) is 11.3 Å². The van der Waals surface area contributed by atoms with Gasteiger partial charge in [0.25, 0.3) is 0 Å². The minimum atomic E-state index is -0.324. The molecule has 0 unspecified atom stereocenters. The van der Waals surface area contributed by atoms with E-state index in [9.17, 15) is 4.79 Å². The lowest BCUT2D eigenvalue weighted by atomic mass is 10.1. The van der Waals surface area contributed by atoms with E-state index in [1.807, 2.05) is 36.4 Å². The van der Waals surface area contributed by atoms with Gasteiger partial charge in [-0.2, -0.15) is 0 Å². The summed E-state index contributed by atoms with van der Waals surface area (Å²) in [5, 5.41) is 0. The molecule has 0 amide bonds. The van der Waals surface area contributed by atoms with Gasteiger partial charge in [-0.25, -0.2) is 4.79 Å². The molecule has 0 radical (unpaired) electrons. The molecule has 0 atom stereocenters. The Bertz CT molecular complexity index is 656. The summed E-state index contributed by atoms with van der Waals surface area (Å²) in [4.78, 5) is 12.1. The second kappa shape index (κ2) is 7.41. The highest BCUT2D eigenvalue weighted by Gasteiger charge is 2.11.